The van der Waals surface area contributed by atoms with Gasteiger partial charge in [-0.3, -0.25) is 0 Å². The van der Waals surface area contributed by atoms with Crippen LogP contribution >= 0.6 is 11.5 Å². The van der Waals surface area contributed by atoms with Crippen molar-refractivity contribution in [2.75, 3.05) is 20.6 Å². The lowest BCUT2D eigenvalue weighted by Crippen LogP contribution is -2.38. The second-order valence-electron chi connectivity index (χ2n) is 4.77. The molecule has 16 heavy (non-hydrogen) atoms. The fraction of sp³-hybridized carbons (Fsp3) is 0.818. The average Bonchev–Trinajstić information content (AvgIpc) is 2.68. The van der Waals surface area contributed by atoms with Crippen LogP contribution in [0.25, 0.3) is 0 Å². The molecule has 0 saturated heterocycles. The van der Waals surface area contributed by atoms with Crippen LogP contribution in [0.1, 0.15) is 26.0 Å². The number of hydrogen-bond donors (Lipinski definition) is 1. The predicted octanol–water partition coefficient (Wildman–Crippen LogP) is 1.60. The van der Waals surface area contributed by atoms with Gasteiger partial charge in [0, 0.05) is 24.5 Å². The minimum atomic E-state index is 0.589. The van der Waals surface area contributed by atoms with E-state index in [-0.39, 0.29) is 0 Å². The van der Waals surface area contributed by atoms with Crippen molar-refractivity contribution in [3.05, 3.63) is 11.1 Å². The quantitative estimate of drug-likeness (QED) is 0.788. The first-order valence-electron chi connectivity index (χ1n) is 5.72. The van der Waals surface area contributed by atoms with Gasteiger partial charge in [0.05, 0.1) is 5.69 Å². The third-order valence-corrected chi connectivity index (χ3v) is 3.12. The molecule has 1 unspecified atom stereocenters. The van der Waals surface area contributed by atoms with Gasteiger partial charge in [0.1, 0.15) is 0 Å². The Morgan fingerprint density at radius 1 is 1.44 bits per heavy atom. The molecule has 1 heterocycles. The van der Waals surface area contributed by atoms with Crippen LogP contribution in [0.2, 0.25) is 0 Å². The van der Waals surface area contributed by atoms with E-state index < -0.39 is 0 Å². The summed E-state index contributed by atoms with van der Waals surface area (Å²) in [5.41, 5.74) is 1.03. The van der Waals surface area contributed by atoms with E-state index in [0.717, 1.165) is 24.7 Å². The van der Waals surface area contributed by atoms with E-state index in [1.807, 2.05) is 5.38 Å². The molecule has 5 heteroatoms. The molecule has 0 radical (unpaired) electrons. The van der Waals surface area contributed by atoms with Crippen LogP contribution < -0.4 is 5.32 Å². The summed E-state index contributed by atoms with van der Waals surface area (Å²) in [7, 11) is 4.28. The van der Waals surface area contributed by atoms with Crippen molar-refractivity contribution in [1.29, 1.82) is 0 Å². The molecule has 1 N–H and O–H groups in total. The molecule has 0 aliphatic rings. The number of nitrogens with zero attached hydrogens (tertiary/aromatic N) is 3. The normalized spacial score (nSPS) is 13.6. The van der Waals surface area contributed by atoms with E-state index in [1.165, 1.54) is 18.0 Å². The molecule has 1 aromatic rings. The Hall–Kier alpha value is -0.520. The van der Waals surface area contributed by atoms with Gasteiger partial charge in [-0.1, -0.05) is 18.3 Å². The van der Waals surface area contributed by atoms with E-state index in [0.29, 0.717) is 6.04 Å². The smallest absolute Gasteiger partial charge is 0.0893 e. The maximum Gasteiger partial charge on any atom is 0.0893 e. The molecule has 1 rings (SSSR count). The van der Waals surface area contributed by atoms with E-state index in [2.05, 4.69) is 47.7 Å². The van der Waals surface area contributed by atoms with Crippen molar-refractivity contribution >= 4 is 11.5 Å². The highest BCUT2D eigenvalue weighted by molar-refractivity contribution is 7.03. The summed E-state index contributed by atoms with van der Waals surface area (Å²) in [6.07, 6.45) is 1.22. The minimum absolute atomic E-state index is 0.589. The lowest BCUT2D eigenvalue weighted by molar-refractivity contribution is 0.246. The molecule has 0 bridgehead atoms. The van der Waals surface area contributed by atoms with Crippen molar-refractivity contribution in [2.24, 2.45) is 5.92 Å². The van der Waals surface area contributed by atoms with Crippen LogP contribution in [0.5, 0.6) is 0 Å². The Balaban J connectivity index is 2.27. The molecule has 0 saturated carbocycles. The Morgan fingerprint density at radius 2 is 2.19 bits per heavy atom. The van der Waals surface area contributed by atoms with Crippen LogP contribution in [0, 0.1) is 5.92 Å². The van der Waals surface area contributed by atoms with Gasteiger partial charge >= 0.3 is 0 Å². The summed E-state index contributed by atoms with van der Waals surface area (Å²) < 4.78 is 3.84. The zero-order valence-electron chi connectivity index (χ0n) is 10.6. The van der Waals surface area contributed by atoms with Crippen LogP contribution in [0.4, 0.5) is 0 Å². The molecule has 0 amide bonds. The number of aromatic nitrogens is 2. The average molecular weight is 242 g/mol. The van der Waals surface area contributed by atoms with Crippen molar-refractivity contribution < 1.29 is 0 Å². The molecule has 4 nitrogen and oxygen atoms in total. The Labute approximate surface area is 102 Å². The molecule has 1 atom stereocenters. The van der Waals surface area contributed by atoms with Crippen LogP contribution in [-0.2, 0) is 6.54 Å². The number of hydrogen-bond acceptors (Lipinski definition) is 5. The Bertz CT molecular complexity index is 272. The van der Waals surface area contributed by atoms with Crippen molar-refractivity contribution in [2.45, 2.75) is 32.9 Å². The zero-order valence-corrected chi connectivity index (χ0v) is 11.4. The second kappa shape index (κ2) is 6.93. The highest BCUT2D eigenvalue weighted by atomic mass is 32.1. The maximum absolute atomic E-state index is 4.01. The minimum Gasteiger partial charge on any atom is -0.310 e. The van der Waals surface area contributed by atoms with Gasteiger partial charge in [0.15, 0.2) is 0 Å². The lowest BCUT2D eigenvalue weighted by atomic mass is 10.0. The van der Waals surface area contributed by atoms with Gasteiger partial charge in [-0.05, 0) is 38.0 Å². The molecular weight excluding hydrogens is 220 g/mol. The van der Waals surface area contributed by atoms with Crippen LogP contribution in [0.15, 0.2) is 5.38 Å². The fourth-order valence-electron chi connectivity index (χ4n) is 1.65. The van der Waals surface area contributed by atoms with Gasteiger partial charge < -0.3 is 10.2 Å². The van der Waals surface area contributed by atoms with Gasteiger partial charge in [-0.25, -0.2) is 0 Å². The van der Waals surface area contributed by atoms with Gasteiger partial charge in [-0.2, -0.15) is 0 Å². The molecule has 0 aromatic carbocycles. The first kappa shape index (κ1) is 13.5. The number of likely N-dealkylation sites (N-methyl/N-ethyl adjacent to an activating group) is 1. The predicted molar refractivity (Wildman–Crippen MR) is 68.5 cm³/mol. The number of rotatable bonds is 7. The molecule has 0 aliphatic heterocycles. The first-order chi connectivity index (χ1) is 7.59. The van der Waals surface area contributed by atoms with Gasteiger partial charge in [-0.15, -0.1) is 5.10 Å². The molecule has 0 aliphatic carbocycles. The Morgan fingerprint density at radius 3 is 2.69 bits per heavy atom. The summed E-state index contributed by atoms with van der Waals surface area (Å²) >= 11 is 1.40. The SMILES string of the molecule is CC(C)CC(CNCc1csnn1)N(C)C. The van der Waals surface area contributed by atoms with Crippen molar-refractivity contribution in [3.63, 3.8) is 0 Å². The van der Waals surface area contributed by atoms with E-state index >= 15 is 0 Å². The van der Waals surface area contributed by atoms with E-state index in [4.69, 9.17) is 0 Å². The van der Waals surface area contributed by atoms with Crippen molar-refractivity contribution in [1.82, 2.24) is 19.8 Å². The van der Waals surface area contributed by atoms with E-state index in [9.17, 15) is 0 Å². The molecule has 0 spiro atoms. The highest BCUT2D eigenvalue weighted by Crippen LogP contribution is 2.08. The van der Waals surface area contributed by atoms with Crippen LogP contribution in [0.3, 0.4) is 0 Å². The molecule has 1 aromatic heterocycles. The van der Waals surface area contributed by atoms with Crippen LogP contribution in [-0.4, -0.2) is 41.2 Å². The summed E-state index contributed by atoms with van der Waals surface area (Å²) in [4.78, 5) is 2.28. The summed E-state index contributed by atoms with van der Waals surface area (Å²) in [5.74, 6) is 0.732. The molecular formula is C11H22N4S. The summed E-state index contributed by atoms with van der Waals surface area (Å²) in [5, 5.41) is 9.43. The van der Waals surface area contributed by atoms with Gasteiger partial charge in [0.25, 0.3) is 0 Å². The number of nitrogens with one attached hydrogen (secondary N) is 1. The third-order valence-electron chi connectivity index (χ3n) is 2.57. The van der Waals surface area contributed by atoms with Crippen molar-refractivity contribution in [3.8, 4) is 0 Å². The largest absolute Gasteiger partial charge is 0.310 e. The molecule has 0 fully saturated rings. The standard InChI is InChI=1S/C11H22N4S/c1-9(2)5-11(15(3)4)7-12-6-10-8-16-14-13-10/h8-9,11-12H,5-7H2,1-4H3. The second-order valence-corrected chi connectivity index (χ2v) is 5.38. The topological polar surface area (TPSA) is 41.1 Å². The third kappa shape index (κ3) is 5.01. The summed E-state index contributed by atoms with van der Waals surface area (Å²) in [6, 6.07) is 0.589. The monoisotopic (exact) mass is 242 g/mol. The Kier molecular flexibility index (Phi) is 5.87. The maximum atomic E-state index is 4.01. The highest BCUT2D eigenvalue weighted by Gasteiger charge is 2.12. The first-order valence-corrected chi connectivity index (χ1v) is 6.56. The van der Waals surface area contributed by atoms with Gasteiger partial charge in [0.2, 0.25) is 0 Å². The van der Waals surface area contributed by atoms with E-state index in [1.54, 1.807) is 0 Å². The summed E-state index contributed by atoms with van der Waals surface area (Å²) in [6.45, 7) is 6.35. The fourth-order valence-corrected chi connectivity index (χ4v) is 2.10. The lowest BCUT2D eigenvalue weighted by Gasteiger charge is -2.26. The zero-order chi connectivity index (χ0) is 12.0. The molecule has 92 valence electrons.